The summed E-state index contributed by atoms with van der Waals surface area (Å²) in [5.74, 6) is 0. The van der Waals surface area contributed by atoms with Gasteiger partial charge < -0.3 is 5.32 Å². The molecule has 2 aromatic rings. The zero-order valence-corrected chi connectivity index (χ0v) is 15.0. The summed E-state index contributed by atoms with van der Waals surface area (Å²) >= 11 is 7.08. The highest BCUT2D eigenvalue weighted by atomic mass is 79.9. The molecule has 1 nitrogen and oxygen atoms in total. The van der Waals surface area contributed by atoms with Crippen LogP contribution in [0.15, 0.2) is 51.4 Å². The summed E-state index contributed by atoms with van der Waals surface area (Å²) in [4.78, 5) is 0. The second-order valence-corrected chi connectivity index (χ2v) is 6.77. The highest BCUT2D eigenvalue weighted by molar-refractivity contribution is 9.10. The molecule has 0 aliphatic carbocycles. The van der Waals surface area contributed by atoms with Crippen LogP contribution in [-0.2, 0) is 0 Å². The molecule has 0 fully saturated rings. The molecular formula is C17H19Br2N. The van der Waals surface area contributed by atoms with Gasteiger partial charge in [-0.2, -0.15) is 0 Å². The molecule has 0 aliphatic heterocycles. The second kappa shape index (κ2) is 7.39. The van der Waals surface area contributed by atoms with Crippen molar-refractivity contribution >= 4 is 31.9 Å². The minimum atomic E-state index is 0.237. The van der Waals surface area contributed by atoms with Crippen LogP contribution in [0.5, 0.6) is 0 Å². The van der Waals surface area contributed by atoms with Crippen LogP contribution in [0.25, 0.3) is 0 Å². The largest absolute Gasteiger partial charge is 0.306 e. The number of hydrogen-bond acceptors (Lipinski definition) is 1. The van der Waals surface area contributed by atoms with Gasteiger partial charge in [-0.05, 0) is 60.8 Å². The first-order valence-electron chi connectivity index (χ1n) is 6.86. The van der Waals surface area contributed by atoms with E-state index in [0.717, 1.165) is 21.9 Å². The van der Waals surface area contributed by atoms with Crippen molar-refractivity contribution in [1.82, 2.24) is 5.32 Å². The Morgan fingerprint density at radius 3 is 2.30 bits per heavy atom. The van der Waals surface area contributed by atoms with Crippen LogP contribution in [-0.4, -0.2) is 6.54 Å². The van der Waals surface area contributed by atoms with Gasteiger partial charge in [-0.1, -0.05) is 57.0 Å². The highest BCUT2D eigenvalue weighted by Gasteiger charge is 2.15. The van der Waals surface area contributed by atoms with E-state index >= 15 is 0 Å². The lowest BCUT2D eigenvalue weighted by Crippen LogP contribution is -2.23. The maximum atomic E-state index is 3.65. The Bertz CT molecular complexity index is 564. The fraction of sp³-hybridized carbons (Fsp3) is 0.294. The molecule has 0 aliphatic rings. The average Bonchev–Trinajstić information content (AvgIpc) is 2.44. The number of hydrogen-bond donors (Lipinski definition) is 1. The molecule has 3 heteroatoms. The third-order valence-corrected chi connectivity index (χ3v) is 4.38. The Kier molecular flexibility index (Phi) is 5.82. The molecule has 0 saturated carbocycles. The zero-order chi connectivity index (χ0) is 14.5. The molecule has 1 N–H and O–H groups in total. The van der Waals surface area contributed by atoms with Crippen molar-refractivity contribution in [3.05, 3.63) is 68.1 Å². The van der Waals surface area contributed by atoms with E-state index in [2.05, 4.69) is 93.5 Å². The number of benzene rings is 2. The second-order valence-electron chi connectivity index (χ2n) is 4.94. The van der Waals surface area contributed by atoms with Crippen molar-refractivity contribution in [1.29, 1.82) is 0 Å². The van der Waals surface area contributed by atoms with Crippen LogP contribution < -0.4 is 5.32 Å². The molecule has 1 unspecified atom stereocenters. The predicted molar refractivity (Wildman–Crippen MR) is 93.2 cm³/mol. The monoisotopic (exact) mass is 395 g/mol. The van der Waals surface area contributed by atoms with Crippen LogP contribution in [0.2, 0.25) is 0 Å². The van der Waals surface area contributed by atoms with E-state index in [9.17, 15) is 0 Å². The van der Waals surface area contributed by atoms with Gasteiger partial charge in [0, 0.05) is 8.95 Å². The van der Waals surface area contributed by atoms with Gasteiger partial charge in [0.25, 0.3) is 0 Å². The Balaban J connectivity index is 2.41. The summed E-state index contributed by atoms with van der Waals surface area (Å²) < 4.78 is 2.24. The van der Waals surface area contributed by atoms with Gasteiger partial charge in [-0.15, -0.1) is 0 Å². The van der Waals surface area contributed by atoms with Gasteiger partial charge >= 0.3 is 0 Å². The molecule has 0 radical (unpaired) electrons. The van der Waals surface area contributed by atoms with Crippen molar-refractivity contribution in [2.75, 3.05) is 6.54 Å². The van der Waals surface area contributed by atoms with Gasteiger partial charge in [0.05, 0.1) is 6.04 Å². The number of rotatable bonds is 5. The maximum absolute atomic E-state index is 3.65. The highest BCUT2D eigenvalue weighted by Crippen LogP contribution is 2.28. The Labute approximate surface area is 138 Å². The Hall–Kier alpha value is -0.640. The molecule has 106 valence electrons. The summed E-state index contributed by atoms with van der Waals surface area (Å²) in [6.45, 7) is 5.37. The van der Waals surface area contributed by atoms with Gasteiger partial charge in [0.2, 0.25) is 0 Å². The summed E-state index contributed by atoms with van der Waals surface area (Å²) in [7, 11) is 0. The van der Waals surface area contributed by atoms with E-state index in [1.807, 2.05) is 0 Å². The molecule has 0 aromatic heterocycles. The van der Waals surface area contributed by atoms with Gasteiger partial charge in [-0.25, -0.2) is 0 Å². The lowest BCUT2D eigenvalue weighted by Gasteiger charge is -2.22. The minimum Gasteiger partial charge on any atom is -0.306 e. The number of halogens is 2. The maximum Gasteiger partial charge on any atom is 0.0579 e. The zero-order valence-electron chi connectivity index (χ0n) is 11.8. The van der Waals surface area contributed by atoms with Crippen LogP contribution in [0.1, 0.15) is 36.1 Å². The standard InChI is InChI=1S/C17H19Br2N/c1-3-10-20-17(13-5-8-14(18)9-6-13)16-11-15(19)7-4-12(16)2/h4-9,11,17,20H,3,10H2,1-2H3. The molecule has 0 spiro atoms. The predicted octanol–water partition coefficient (Wildman–Crippen LogP) is 5.61. The van der Waals surface area contributed by atoms with Crippen LogP contribution in [0.4, 0.5) is 0 Å². The fourth-order valence-corrected chi connectivity index (χ4v) is 2.92. The summed E-state index contributed by atoms with van der Waals surface area (Å²) in [6.07, 6.45) is 1.13. The van der Waals surface area contributed by atoms with Gasteiger partial charge in [0.15, 0.2) is 0 Å². The molecular weight excluding hydrogens is 378 g/mol. The van der Waals surface area contributed by atoms with Crippen LogP contribution in [0.3, 0.4) is 0 Å². The first-order valence-corrected chi connectivity index (χ1v) is 8.45. The lowest BCUT2D eigenvalue weighted by molar-refractivity contribution is 0.596. The summed E-state index contributed by atoms with van der Waals surface area (Å²) in [6, 6.07) is 15.3. The molecule has 0 heterocycles. The van der Waals surface area contributed by atoms with Crippen molar-refractivity contribution in [3.63, 3.8) is 0 Å². The molecule has 20 heavy (non-hydrogen) atoms. The van der Waals surface area contributed by atoms with Crippen molar-refractivity contribution < 1.29 is 0 Å². The summed E-state index contributed by atoms with van der Waals surface area (Å²) in [5.41, 5.74) is 3.93. The molecule has 1 atom stereocenters. The average molecular weight is 397 g/mol. The van der Waals surface area contributed by atoms with Gasteiger partial charge in [0.1, 0.15) is 0 Å². The molecule has 2 rings (SSSR count). The Morgan fingerprint density at radius 1 is 1.00 bits per heavy atom. The van der Waals surface area contributed by atoms with Crippen molar-refractivity contribution in [2.24, 2.45) is 0 Å². The lowest BCUT2D eigenvalue weighted by atomic mass is 9.95. The van der Waals surface area contributed by atoms with E-state index in [-0.39, 0.29) is 6.04 Å². The van der Waals surface area contributed by atoms with Crippen LogP contribution >= 0.6 is 31.9 Å². The third kappa shape index (κ3) is 3.94. The normalized spacial score (nSPS) is 12.4. The van der Waals surface area contributed by atoms with E-state index in [0.29, 0.717) is 0 Å². The Morgan fingerprint density at radius 2 is 1.65 bits per heavy atom. The van der Waals surface area contributed by atoms with E-state index in [4.69, 9.17) is 0 Å². The first-order chi connectivity index (χ1) is 9.61. The van der Waals surface area contributed by atoms with E-state index in [1.165, 1.54) is 16.7 Å². The minimum absolute atomic E-state index is 0.237. The third-order valence-electron chi connectivity index (χ3n) is 3.35. The molecule has 0 bridgehead atoms. The van der Waals surface area contributed by atoms with E-state index in [1.54, 1.807) is 0 Å². The number of aryl methyl sites for hydroxylation is 1. The number of nitrogens with one attached hydrogen (secondary N) is 1. The van der Waals surface area contributed by atoms with Crippen molar-refractivity contribution in [3.8, 4) is 0 Å². The molecule has 0 amide bonds. The van der Waals surface area contributed by atoms with Crippen molar-refractivity contribution in [2.45, 2.75) is 26.3 Å². The quantitative estimate of drug-likeness (QED) is 0.692. The van der Waals surface area contributed by atoms with Crippen LogP contribution in [0, 0.1) is 6.92 Å². The smallest absolute Gasteiger partial charge is 0.0579 e. The summed E-state index contributed by atoms with van der Waals surface area (Å²) in [5, 5.41) is 3.65. The fourth-order valence-electron chi connectivity index (χ4n) is 2.27. The molecule has 2 aromatic carbocycles. The van der Waals surface area contributed by atoms with Gasteiger partial charge in [-0.3, -0.25) is 0 Å². The topological polar surface area (TPSA) is 12.0 Å². The van der Waals surface area contributed by atoms with E-state index < -0.39 is 0 Å². The first kappa shape index (κ1) is 15.7. The SMILES string of the molecule is CCCNC(c1ccc(Br)cc1)c1cc(Br)ccc1C. The molecule has 0 saturated heterocycles.